The first-order valence-electron chi connectivity index (χ1n) is 13.8. The molecule has 0 bridgehead atoms. The minimum Gasteiger partial charge on any atom is -0.494 e. The molecule has 0 radical (unpaired) electrons. The van der Waals surface area contributed by atoms with Crippen LogP contribution in [0.25, 0.3) is 0 Å². The molecule has 0 saturated heterocycles. The maximum Gasteiger partial charge on any atom is 0.243 e. The van der Waals surface area contributed by atoms with Crippen LogP contribution >= 0.6 is 34.8 Å². The Balaban J connectivity index is 1.53. The fourth-order valence-electron chi connectivity index (χ4n) is 5.02. The van der Waals surface area contributed by atoms with Crippen LogP contribution in [0.15, 0.2) is 72.8 Å². The van der Waals surface area contributed by atoms with Gasteiger partial charge in [-0.15, -0.1) is 0 Å². The Morgan fingerprint density at radius 1 is 0.875 bits per heavy atom. The fraction of sp³-hybridized carbons (Fsp3) is 0.375. The summed E-state index contributed by atoms with van der Waals surface area (Å²) >= 11 is 18.4. The minimum absolute atomic E-state index is 0.120. The average Bonchev–Trinajstić information content (AvgIpc) is 2.96. The summed E-state index contributed by atoms with van der Waals surface area (Å²) in [7, 11) is 0. The maximum absolute atomic E-state index is 13.8. The Morgan fingerprint density at radius 3 is 2.30 bits per heavy atom. The summed E-state index contributed by atoms with van der Waals surface area (Å²) in [5.41, 5.74) is 1.80. The smallest absolute Gasteiger partial charge is 0.243 e. The molecular weight excluding hydrogens is 567 g/mol. The molecule has 0 heterocycles. The summed E-state index contributed by atoms with van der Waals surface area (Å²) in [5, 5.41) is 4.75. The summed E-state index contributed by atoms with van der Waals surface area (Å²) in [6.45, 7) is 0.606. The Hall–Kier alpha value is -2.73. The van der Waals surface area contributed by atoms with Gasteiger partial charge in [-0.25, -0.2) is 0 Å². The zero-order valence-corrected chi connectivity index (χ0v) is 24.7. The number of nitrogens with zero attached hydrogens (tertiary/aromatic N) is 1. The monoisotopic (exact) mass is 600 g/mol. The van der Waals surface area contributed by atoms with Crippen molar-refractivity contribution in [3.63, 3.8) is 0 Å². The number of carbonyl (C=O) groups is 2. The van der Waals surface area contributed by atoms with Crippen molar-refractivity contribution in [2.24, 2.45) is 0 Å². The first-order chi connectivity index (χ1) is 19.4. The molecule has 0 spiro atoms. The Kier molecular flexibility index (Phi) is 11.6. The van der Waals surface area contributed by atoms with Crippen molar-refractivity contribution in [2.45, 2.75) is 70.0 Å². The van der Waals surface area contributed by atoms with E-state index in [1.54, 1.807) is 41.3 Å². The summed E-state index contributed by atoms with van der Waals surface area (Å²) in [6, 6.07) is 21.7. The molecule has 40 heavy (non-hydrogen) atoms. The quantitative estimate of drug-likeness (QED) is 0.215. The number of nitrogens with one attached hydrogen (secondary N) is 1. The Labute approximate surface area is 251 Å². The third-order valence-corrected chi connectivity index (χ3v) is 8.17. The zero-order chi connectivity index (χ0) is 28.3. The summed E-state index contributed by atoms with van der Waals surface area (Å²) in [4.78, 5) is 29.3. The highest BCUT2D eigenvalue weighted by Gasteiger charge is 2.31. The van der Waals surface area contributed by atoms with E-state index in [9.17, 15) is 9.59 Å². The maximum atomic E-state index is 13.8. The molecule has 0 aromatic heterocycles. The van der Waals surface area contributed by atoms with Gasteiger partial charge < -0.3 is 15.0 Å². The molecule has 1 atom stereocenters. The largest absolute Gasteiger partial charge is 0.494 e. The lowest BCUT2D eigenvalue weighted by atomic mass is 9.94. The second-order valence-electron chi connectivity index (χ2n) is 10.2. The van der Waals surface area contributed by atoms with E-state index in [2.05, 4.69) is 5.32 Å². The molecule has 0 unspecified atom stereocenters. The summed E-state index contributed by atoms with van der Waals surface area (Å²) < 4.78 is 5.80. The van der Waals surface area contributed by atoms with E-state index in [4.69, 9.17) is 39.5 Å². The van der Waals surface area contributed by atoms with Crippen molar-refractivity contribution < 1.29 is 14.3 Å². The van der Waals surface area contributed by atoms with E-state index >= 15 is 0 Å². The molecule has 8 heteroatoms. The number of carbonyl (C=O) groups excluding carboxylic acids is 2. The molecule has 0 aliphatic heterocycles. The number of hydrogen-bond acceptors (Lipinski definition) is 3. The van der Waals surface area contributed by atoms with Crippen LogP contribution in [0.3, 0.4) is 0 Å². The second kappa shape index (κ2) is 15.3. The van der Waals surface area contributed by atoms with Crippen LogP contribution in [0.5, 0.6) is 5.75 Å². The molecule has 1 N–H and O–H groups in total. The third-order valence-electron chi connectivity index (χ3n) is 7.18. The number of hydrogen-bond donors (Lipinski definition) is 1. The van der Waals surface area contributed by atoms with Crippen LogP contribution in [0.4, 0.5) is 0 Å². The molecular formula is C32H35Cl3N2O3. The van der Waals surface area contributed by atoms with Crippen LogP contribution in [0.2, 0.25) is 15.1 Å². The molecule has 212 valence electrons. The number of benzene rings is 3. The predicted octanol–water partition coefficient (Wildman–Crippen LogP) is 7.89. The van der Waals surface area contributed by atoms with Gasteiger partial charge in [-0.3, -0.25) is 9.59 Å². The Morgan fingerprint density at radius 2 is 1.60 bits per heavy atom. The van der Waals surface area contributed by atoms with Crippen LogP contribution in [-0.2, 0) is 22.6 Å². The number of rotatable bonds is 12. The van der Waals surface area contributed by atoms with Crippen molar-refractivity contribution in [2.75, 3.05) is 6.61 Å². The van der Waals surface area contributed by atoms with Gasteiger partial charge in [0.2, 0.25) is 11.8 Å². The van der Waals surface area contributed by atoms with E-state index in [1.165, 1.54) is 6.42 Å². The highest BCUT2D eigenvalue weighted by atomic mass is 35.5. The van der Waals surface area contributed by atoms with Crippen LogP contribution in [-0.4, -0.2) is 35.4 Å². The molecule has 5 nitrogen and oxygen atoms in total. The Bertz CT molecular complexity index is 1250. The molecule has 1 saturated carbocycles. The number of amides is 2. The average molecular weight is 602 g/mol. The lowest BCUT2D eigenvalue weighted by Crippen LogP contribution is -2.52. The SMILES string of the molecule is O=C(NC1CCCCC1)[C@H](Cc1ccccc1)N(Cc1ccc(Cl)c(Cl)c1)C(=O)CCCOc1ccc(Cl)cc1. The molecule has 1 fully saturated rings. The zero-order valence-electron chi connectivity index (χ0n) is 22.5. The molecule has 4 rings (SSSR count). The van der Waals surface area contributed by atoms with Gasteiger partial charge in [0, 0.05) is 30.5 Å². The van der Waals surface area contributed by atoms with Crippen molar-refractivity contribution in [1.29, 1.82) is 0 Å². The summed E-state index contributed by atoms with van der Waals surface area (Å²) in [5.74, 6) is 0.449. The van der Waals surface area contributed by atoms with E-state index < -0.39 is 6.04 Å². The van der Waals surface area contributed by atoms with Gasteiger partial charge in [0.05, 0.1) is 16.7 Å². The van der Waals surface area contributed by atoms with Gasteiger partial charge in [-0.1, -0.05) is 90.5 Å². The lowest BCUT2D eigenvalue weighted by molar-refractivity contribution is -0.141. The molecule has 1 aliphatic rings. The van der Waals surface area contributed by atoms with E-state index in [0.717, 1.165) is 36.8 Å². The predicted molar refractivity (Wildman–Crippen MR) is 162 cm³/mol. The first-order valence-corrected chi connectivity index (χ1v) is 15.0. The van der Waals surface area contributed by atoms with Crippen molar-refractivity contribution in [3.05, 3.63) is 99.0 Å². The first kappa shape index (κ1) is 30.2. The summed E-state index contributed by atoms with van der Waals surface area (Å²) in [6.07, 6.45) is 6.48. The number of halogens is 3. The number of ether oxygens (including phenoxy) is 1. The normalized spacial score (nSPS) is 14.4. The van der Waals surface area contributed by atoms with E-state index in [1.807, 2.05) is 36.4 Å². The standard InChI is InChI=1S/C32H35Cl3N2O3/c33-25-14-16-27(17-15-25)40-19-7-12-31(38)37(22-24-13-18-28(34)29(35)20-24)30(21-23-8-3-1-4-9-23)32(39)36-26-10-5-2-6-11-26/h1,3-4,8-9,13-18,20,26,30H,2,5-7,10-12,19,21-22H2,(H,36,39)/t30-/m0/s1. The molecule has 3 aromatic carbocycles. The van der Waals surface area contributed by atoms with Crippen LogP contribution in [0.1, 0.15) is 56.1 Å². The topological polar surface area (TPSA) is 58.6 Å². The minimum atomic E-state index is -0.677. The van der Waals surface area contributed by atoms with Crippen molar-refractivity contribution in [3.8, 4) is 5.75 Å². The van der Waals surface area contributed by atoms with Crippen LogP contribution < -0.4 is 10.1 Å². The second-order valence-corrected chi connectivity index (χ2v) is 11.5. The van der Waals surface area contributed by atoms with Gasteiger partial charge in [0.25, 0.3) is 0 Å². The van der Waals surface area contributed by atoms with Gasteiger partial charge in [-0.05, 0) is 66.8 Å². The van der Waals surface area contributed by atoms with Gasteiger partial charge in [-0.2, -0.15) is 0 Å². The highest BCUT2D eigenvalue weighted by Crippen LogP contribution is 2.25. The molecule has 2 amide bonds. The van der Waals surface area contributed by atoms with Crippen molar-refractivity contribution in [1.82, 2.24) is 10.2 Å². The highest BCUT2D eigenvalue weighted by molar-refractivity contribution is 6.42. The van der Waals surface area contributed by atoms with Gasteiger partial charge in [0.1, 0.15) is 11.8 Å². The third kappa shape index (κ3) is 9.15. The van der Waals surface area contributed by atoms with Crippen molar-refractivity contribution >= 4 is 46.6 Å². The molecule has 1 aliphatic carbocycles. The van der Waals surface area contributed by atoms with E-state index in [0.29, 0.717) is 40.3 Å². The van der Waals surface area contributed by atoms with Crippen LogP contribution in [0, 0.1) is 0 Å². The van der Waals surface area contributed by atoms with Gasteiger partial charge in [0.15, 0.2) is 0 Å². The molecule has 3 aromatic rings. The van der Waals surface area contributed by atoms with E-state index in [-0.39, 0.29) is 30.8 Å². The fourth-order valence-corrected chi connectivity index (χ4v) is 5.47. The lowest BCUT2D eigenvalue weighted by Gasteiger charge is -2.33. The van der Waals surface area contributed by atoms with Gasteiger partial charge >= 0.3 is 0 Å².